The summed E-state index contributed by atoms with van der Waals surface area (Å²) in [4.78, 5) is 12.6. The summed E-state index contributed by atoms with van der Waals surface area (Å²) in [6, 6.07) is 14.5. The number of nitrogens with zero attached hydrogens (tertiary/aromatic N) is 2. The quantitative estimate of drug-likeness (QED) is 0.204. The molecule has 0 saturated heterocycles. The normalized spacial score (nSPS) is 14.1. The average molecular weight is 373 g/mol. The van der Waals surface area contributed by atoms with Gasteiger partial charge in [0, 0.05) is 29.0 Å². The Morgan fingerprint density at radius 2 is 1.65 bits per heavy atom. The van der Waals surface area contributed by atoms with E-state index < -0.39 is 11.8 Å². The van der Waals surface area contributed by atoms with E-state index in [4.69, 9.17) is 11.6 Å². The van der Waals surface area contributed by atoms with Crippen LogP contribution in [0.2, 0.25) is 5.02 Å². The topological polar surface area (TPSA) is 75.7 Å². The largest absolute Gasteiger partial charge is 0.623 e. The van der Waals surface area contributed by atoms with Crippen LogP contribution in [0.25, 0.3) is 0 Å². The molecule has 5 nitrogen and oxygen atoms in total. The lowest BCUT2D eigenvalue weighted by atomic mass is 9.94. The van der Waals surface area contributed by atoms with Crippen molar-refractivity contribution in [1.82, 2.24) is 0 Å². The number of carbonyl (C=O) groups is 1. The van der Waals surface area contributed by atoms with Crippen LogP contribution in [0.4, 0.5) is 0 Å². The van der Waals surface area contributed by atoms with Crippen molar-refractivity contribution in [3.05, 3.63) is 76.0 Å². The molecule has 0 bridgehead atoms. The predicted octanol–water partition coefficient (Wildman–Crippen LogP) is 4.40. The molecule has 0 spiro atoms. The van der Waals surface area contributed by atoms with Gasteiger partial charge in [-0.15, -0.1) is 0 Å². The minimum atomic E-state index is -0.807. The van der Waals surface area contributed by atoms with E-state index >= 15 is 0 Å². The van der Waals surface area contributed by atoms with E-state index in [9.17, 15) is 15.2 Å². The lowest BCUT2D eigenvalue weighted by Crippen LogP contribution is -2.40. The van der Waals surface area contributed by atoms with Gasteiger partial charge < -0.3 is 10.4 Å². The summed E-state index contributed by atoms with van der Waals surface area (Å²) in [7, 11) is 0. The summed E-state index contributed by atoms with van der Waals surface area (Å²) in [5.41, 5.74) is 1.24. The number of halogens is 1. The second kappa shape index (κ2) is 8.63. The monoisotopic (exact) mass is 372 g/mol. The van der Waals surface area contributed by atoms with Crippen molar-refractivity contribution in [3.63, 3.8) is 0 Å². The standard InChI is InChI=1S/C20H21ClN2O3/c1-13(2)19(18(22-25)15-7-5-4-6-8-15)23(26)14(3)20(24)16-9-11-17(21)12-10-16/h4-13,19,25H,1-3H3/b22-18-,23-14-/t19-/m1/s1. The summed E-state index contributed by atoms with van der Waals surface area (Å²) < 4.78 is 0.629. The van der Waals surface area contributed by atoms with Crippen molar-refractivity contribution in [2.45, 2.75) is 26.8 Å². The Morgan fingerprint density at radius 1 is 1.08 bits per heavy atom. The molecule has 0 aliphatic heterocycles. The lowest BCUT2D eigenvalue weighted by molar-refractivity contribution is -0.488. The van der Waals surface area contributed by atoms with Crippen LogP contribution in [0.5, 0.6) is 0 Å². The number of ketones is 1. The van der Waals surface area contributed by atoms with Crippen LogP contribution in [-0.2, 0) is 0 Å². The summed E-state index contributed by atoms with van der Waals surface area (Å²) in [5.74, 6) is -0.584. The highest BCUT2D eigenvalue weighted by molar-refractivity contribution is 6.43. The third-order valence-corrected chi connectivity index (χ3v) is 4.36. The van der Waals surface area contributed by atoms with Crippen molar-refractivity contribution in [2.75, 3.05) is 0 Å². The summed E-state index contributed by atoms with van der Waals surface area (Å²) in [6.07, 6.45) is 0. The summed E-state index contributed by atoms with van der Waals surface area (Å²) in [6.45, 7) is 5.15. The molecule has 0 radical (unpaired) electrons. The Labute approximate surface area is 157 Å². The molecule has 2 rings (SSSR count). The molecule has 26 heavy (non-hydrogen) atoms. The van der Waals surface area contributed by atoms with Crippen LogP contribution < -0.4 is 0 Å². The van der Waals surface area contributed by atoms with Crippen LogP contribution in [0, 0.1) is 11.1 Å². The molecule has 2 aromatic rings. The van der Waals surface area contributed by atoms with Crippen LogP contribution in [0.15, 0.2) is 59.8 Å². The smallest absolute Gasteiger partial charge is 0.252 e. The van der Waals surface area contributed by atoms with Crippen LogP contribution in [-0.4, -0.2) is 33.2 Å². The molecule has 0 fully saturated rings. The van der Waals surface area contributed by atoms with E-state index in [0.717, 1.165) is 0 Å². The van der Waals surface area contributed by atoms with Gasteiger partial charge >= 0.3 is 0 Å². The summed E-state index contributed by atoms with van der Waals surface area (Å²) >= 11 is 5.84. The van der Waals surface area contributed by atoms with Gasteiger partial charge in [0.25, 0.3) is 5.78 Å². The fourth-order valence-corrected chi connectivity index (χ4v) is 2.84. The number of benzene rings is 2. The van der Waals surface area contributed by atoms with Gasteiger partial charge in [-0.3, -0.25) is 4.79 Å². The first-order chi connectivity index (χ1) is 12.4. The fraction of sp³-hybridized carbons (Fsp3) is 0.250. The van der Waals surface area contributed by atoms with Crippen molar-refractivity contribution < 1.29 is 14.7 Å². The second-order valence-electron chi connectivity index (χ2n) is 6.29. The molecule has 6 heteroatoms. The number of hydroxylamine groups is 1. The van der Waals surface area contributed by atoms with Crippen LogP contribution in [0.1, 0.15) is 36.7 Å². The molecular formula is C20H21ClN2O3. The van der Waals surface area contributed by atoms with Gasteiger partial charge in [0.1, 0.15) is 0 Å². The molecule has 1 N–H and O–H groups in total. The van der Waals surface area contributed by atoms with E-state index in [1.165, 1.54) is 6.92 Å². The molecule has 136 valence electrons. The molecule has 0 amide bonds. The molecule has 0 aromatic heterocycles. The van der Waals surface area contributed by atoms with Crippen LogP contribution >= 0.6 is 11.6 Å². The highest BCUT2D eigenvalue weighted by Crippen LogP contribution is 2.16. The van der Waals surface area contributed by atoms with E-state index in [0.29, 0.717) is 20.9 Å². The number of carbonyl (C=O) groups excluding carboxylic acids is 1. The average Bonchev–Trinajstić information content (AvgIpc) is 2.65. The Bertz CT molecular complexity index is 828. The first kappa shape index (κ1) is 19.7. The first-order valence-corrected chi connectivity index (χ1v) is 8.62. The van der Waals surface area contributed by atoms with E-state index in [-0.39, 0.29) is 17.3 Å². The highest BCUT2D eigenvalue weighted by Gasteiger charge is 2.32. The van der Waals surface area contributed by atoms with Crippen molar-refractivity contribution >= 4 is 28.8 Å². The maximum atomic E-state index is 13.0. The Morgan fingerprint density at radius 3 is 2.15 bits per heavy atom. The zero-order valence-electron chi connectivity index (χ0n) is 14.9. The number of hydrogen-bond acceptors (Lipinski definition) is 4. The maximum Gasteiger partial charge on any atom is 0.252 e. The van der Waals surface area contributed by atoms with Gasteiger partial charge in [-0.1, -0.05) is 60.9 Å². The van der Waals surface area contributed by atoms with Crippen molar-refractivity contribution in [2.24, 2.45) is 11.1 Å². The molecular weight excluding hydrogens is 352 g/mol. The Balaban J connectivity index is 2.46. The molecule has 0 saturated carbocycles. The van der Waals surface area contributed by atoms with Gasteiger partial charge in [-0.25, -0.2) is 0 Å². The molecule has 0 unspecified atom stereocenters. The van der Waals surface area contributed by atoms with Gasteiger partial charge in [0.2, 0.25) is 11.8 Å². The molecule has 0 aliphatic rings. The Hall–Kier alpha value is -2.66. The van der Waals surface area contributed by atoms with Gasteiger partial charge in [0.15, 0.2) is 5.71 Å². The van der Waals surface area contributed by atoms with Gasteiger partial charge in [-0.05, 0) is 24.3 Å². The zero-order chi connectivity index (χ0) is 19.3. The minimum Gasteiger partial charge on any atom is -0.623 e. The first-order valence-electron chi connectivity index (χ1n) is 8.24. The predicted molar refractivity (Wildman–Crippen MR) is 103 cm³/mol. The number of hydrogen-bond donors (Lipinski definition) is 1. The number of rotatable bonds is 6. The van der Waals surface area contributed by atoms with Crippen LogP contribution in [0.3, 0.4) is 0 Å². The lowest BCUT2D eigenvalue weighted by Gasteiger charge is -2.22. The van der Waals surface area contributed by atoms with E-state index in [1.807, 2.05) is 19.9 Å². The van der Waals surface area contributed by atoms with E-state index in [1.54, 1.807) is 48.5 Å². The summed E-state index contributed by atoms with van der Waals surface area (Å²) in [5, 5.41) is 26.4. The highest BCUT2D eigenvalue weighted by atomic mass is 35.5. The van der Waals surface area contributed by atoms with Gasteiger partial charge in [-0.2, -0.15) is 4.74 Å². The van der Waals surface area contributed by atoms with Crippen molar-refractivity contribution in [3.8, 4) is 0 Å². The number of oxime groups is 1. The molecule has 2 aromatic carbocycles. The van der Waals surface area contributed by atoms with Crippen molar-refractivity contribution in [1.29, 1.82) is 0 Å². The zero-order valence-corrected chi connectivity index (χ0v) is 15.6. The fourth-order valence-electron chi connectivity index (χ4n) is 2.71. The number of Topliss-reactive ketones (excluding diaryl/α,β-unsaturated/α-hetero) is 1. The van der Waals surface area contributed by atoms with Gasteiger partial charge in [0.05, 0.1) is 0 Å². The Kier molecular flexibility index (Phi) is 6.52. The second-order valence-corrected chi connectivity index (χ2v) is 6.72. The maximum absolute atomic E-state index is 13.0. The third kappa shape index (κ3) is 4.29. The molecule has 1 atom stereocenters. The third-order valence-electron chi connectivity index (χ3n) is 4.11. The SMILES string of the molecule is C/C(C(=O)c1ccc(Cl)cc1)=[N+](/[O-])[C@@H](/C(=N\O)c1ccccc1)C(C)C. The molecule has 0 aliphatic carbocycles. The minimum absolute atomic E-state index is 0.0168. The van der Waals surface area contributed by atoms with E-state index in [2.05, 4.69) is 5.16 Å². The molecule has 0 heterocycles.